The molecule has 2 heteroatoms. The molecule has 0 N–H and O–H groups in total. The largest absolute Gasteiger partial charge is 0.463 e. The van der Waals surface area contributed by atoms with Crippen LogP contribution in [0, 0.1) is 40.4 Å². The molecule has 8 unspecified atom stereocenters. The average molecular weight is 427 g/mol. The maximum absolute atomic E-state index is 11.5. The first-order valence-corrected chi connectivity index (χ1v) is 13.2. The zero-order valence-corrected chi connectivity index (χ0v) is 21.0. The number of carbonyl (C=O) groups excluding carboxylic acids is 1. The van der Waals surface area contributed by atoms with Gasteiger partial charge in [0.15, 0.2) is 0 Å². The van der Waals surface area contributed by atoms with Crippen LogP contribution in [0.1, 0.15) is 106 Å². The number of fused-ring (bicyclic) bond motifs is 5. The Kier molecular flexibility index (Phi) is 6.50. The number of carbonyl (C=O) groups is 1. The van der Waals surface area contributed by atoms with Crippen LogP contribution in [0.3, 0.4) is 0 Å². The van der Waals surface area contributed by atoms with E-state index in [1.54, 1.807) is 6.92 Å². The first kappa shape index (κ1) is 23.1. The van der Waals surface area contributed by atoms with Crippen molar-refractivity contribution >= 4 is 5.97 Å². The molecule has 4 rings (SSSR count). The lowest BCUT2D eigenvalue weighted by molar-refractivity contribution is -0.152. The molecular weight excluding hydrogens is 380 g/mol. The molecule has 8 atom stereocenters. The van der Waals surface area contributed by atoms with Crippen molar-refractivity contribution in [2.75, 3.05) is 0 Å². The molecule has 2 nitrogen and oxygen atoms in total. The van der Waals surface area contributed by atoms with Gasteiger partial charge in [-0.3, -0.25) is 4.79 Å². The van der Waals surface area contributed by atoms with Crippen LogP contribution < -0.4 is 0 Å². The van der Waals surface area contributed by atoms with Crippen LogP contribution in [0.25, 0.3) is 0 Å². The molecular formula is C29H46O2. The topological polar surface area (TPSA) is 26.3 Å². The van der Waals surface area contributed by atoms with Crippen LogP contribution in [-0.2, 0) is 9.53 Å². The van der Waals surface area contributed by atoms with Crippen LogP contribution in [-0.4, -0.2) is 12.1 Å². The summed E-state index contributed by atoms with van der Waals surface area (Å²) in [4.78, 5) is 11.5. The molecule has 0 aliphatic heterocycles. The summed E-state index contributed by atoms with van der Waals surface area (Å²) in [5, 5.41) is 0. The van der Waals surface area contributed by atoms with E-state index in [0.717, 1.165) is 36.5 Å². The van der Waals surface area contributed by atoms with Crippen molar-refractivity contribution in [1.82, 2.24) is 0 Å². The Morgan fingerprint density at radius 3 is 2.52 bits per heavy atom. The molecule has 4 aliphatic carbocycles. The maximum atomic E-state index is 11.5. The Morgan fingerprint density at radius 2 is 1.81 bits per heavy atom. The van der Waals surface area contributed by atoms with Gasteiger partial charge in [-0.2, -0.15) is 0 Å². The molecule has 31 heavy (non-hydrogen) atoms. The predicted octanol–water partition coefficient (Wildman–Crippen LogP) is 7.88. The normalized spacial score (nSPS) is 42.5. The SMILES string of the molecule is CC(=O)OC1CCC2(C)C(CC=C3C2CCC2(C)C3CCC2C(C)CCC=C(C)C)C1. The molecule has 0 bridgehead atoms. The van der Waals surface area contributed by atoms with Crippen molar-refractivity contribution in [3.05, 3.63) is 23.3 Å². The smallest absolute Gasteiger partial charge is 0.302 e. The van der Waals surface area contributed by atoms with E-state index in [1.807, 2.05) is 5.57 Å². The summed E-state index contributed by atoms with van der Waals surface area (Å²) < 4.78 is 5.63. The van der Waals surface area contributed by atoms with Gasteiger partial charge in [-0.05, 0) is 118 Å². The van der Waals surface area contributed by atoms with E-state index in [2.05, 4.69) is 46.8 Å². The first-order chi connectivity index (χ1) is 14.6. The average Bonchev–Trinajstić information content (AvgIpc) is 3.05. The number of ether oxygens (including phenoxy) is 1. The van der Waals surface area contributed by atoms with Gasteiger partial charge in [0.05, 0.1) is 0 Å². The fraction of sp³-hybridized carbons (Fsp3) is 0.828. The van der Waals surface area contributed by atoms with E-state index < -0.39 is 0 Å². The highest BCUT2D eigenvalue weighted by Crippen LogP contribution is 2.67. The zero-order valence-electron chi connectivity index (χ0n) is 21.0. The van der Waals surface area contributed by atoms with Gasteiger partial charge in [-0.15, -0.1) is 0 Å². The number of hydrogen-bond donors (Lipinski definition) is 0. The quantitative estimate of drug-likeness (QED) is 0.330. The van der Waals surface area contributed by atoms with Gasteiger partial charge in [-0.25, -0.2) is 0 Å². The third-order valence-electron chi connectivity index (χ3n) is 10.3. The molecule has 4 aliphatic rings. The van der Waals surface area contributed by atoms with Crippen molar-refractivity contribution in [2.24, 2.45) is 40.4 Å². The monoisotopic (exact) mass is 426 g/mol. The predicted molar refractivity (Wildman–Crippen MR) is 129 cm³/mol. The summed E-state index contributed by atoms with van der Waals surface area (Å²) in [6, 6.07) is 0. The van der Waals surface area contributed by atoms with Gasteiger partial charge < -0.3 is 4.74 Å². The van der Waals surface area contributed by atoms with Crippen molar-refractivity contribution in [3.8, 4) is 0 Å². The molecule has 0 spiro atoms. The lowest BCUT2D eigenvalue weighted by Crippen LogP contribution is -2.50. The van der Waals surface area contributed by atoms with Gasteiger partial charge >= 0.3 is 5.97 Å². The maximum Gasteiger partial charge on any atom is 0.302 e. The number of hydrogen-bond acceptors (Lipinski definition) is 2. The highest BCUT2D eigenvalue weighted by atomic mass is 16.5. The minimum Gasteiger partial charge on any atom is -0.463 e. The molecule has 0 heterocycles. The second-order valence-electron chi connectivity index (χ2n) is 12.3. The second-order valence-corrected chi connectivity index (χ2v) is 12.3. The molecule has 3 fully saturated rings. The molecule has 0 aromatic carbocycles. The number of rotatable bonds is 5. The third-order valence-corrected chi connectivity index (χ3v) is 10.3. The van der Waals surface area contributed by atoms with Crippen molar-refractivity contribution in [3.63, 3.8) is 0 Å². The minimum absolute atomic E-state index is 0.107. The number of esters is 1. The highest BCUT2D eigenvalue weighted by Gasteiger charge is 2.58. The Bertz CT molecular complexity index is 744. The highest BCUT2D eigenvalue weighted by molar-refractivity contribution is 5.66. The second kappa shape index (κ2) is 8.71. The summed E-state index contributed by atoms with van der Waals surface area (Å²) in [7, 11) is 0. The van der Waals surface area contributed by atoms with Crippen molar-refractivity contribution < 1.29 is 9.53 Å². The summed E-state index contributed by atoms with van der Waals surface area (Å²) in [6.45, 7) is 13.8. The van der Waals surface area contributed by atoms with Gasteiger partial charge in [-0.1, -0.05) is 44.1 Å². The van der Waals surface area contributed by atoms with Gasteiger partial charge in [0.2, 0.25) is 0 Å². The molecule has 0 aromatic heterocycles. The minimum atomic E-state index is -0.107. The summed E-state index contributed by atoms with van der Waals surface area (Å²) in [5.74, 6) is 3.87. The van der Waals surface area contributed by atoms with Crippen LogP contribution in [0.4, 0.5) is 0 Å². The standard InChI is InChI=1S/C29H46O2/c1-19(2)8-7-9-20(3)25-12-13-26-24-11-10-22-18-23(31-21(4)30)14-16-28(22,5)27(24)15-17-29(25,26)6/h8,11,20,22-23,25-27H,7,9-10,12-18H2,1-6H3. The van der Waals surface area contributed by atoms with E-state index in [4.69, 9.17) is 4.74 Å². The van der Waals surface area contributed by atoms with Gasteiger partial charge in [0, 0.05) is 6.92 Å². The molecule has 0 radical (unpaired) electrons. The third kappa shape index (κ3) is 4.18. The van der Waals surface area contributed by atoms with E-state index in [-0.39, 0.29) is 12.1 Å². The van der Waals surface area contributed by atoms with Crippen LogP contribution in [0.15, 0.2) is 23.3 Å². The Hall–Kier alpha value is -1.05. The molecule has 0 amide bonds. The van der Waals surface area contributed by atoms with Crippen LogP contribution >= 0.6 is 0 Å². The first-order valence-electron chi connectivity index (χ1n) is 13.2. The lowest BCUT2D eigenvalue weighted by atomic mass is 9.47. The van der Waals surface area contributed by atoms with E-state index in [1.165, 1.54) is 56.9 Å². The van der Waals surface area contributed by atoms with Crippen molar-refractivity contribution in [2.45, 2.75) is 112 Å². The fourth-order valence-corrected chi connectivity index (χ4v) is 8.63. The fourth-order valence-electron chi connectivity index (χ4n) is 8.63. The molecule has 3 saturated carbocycles. The van der Waals surface area contributed by atoms with Crippen molar-refractivity contribution in [1.29, 1.82) is 0 Å². The van der Waals surface area contributed by atoms with Crippen LogP contribution in [0.5, 0.6) is 0 Å². The molecule has 0 saturated heterocycles. The van der Waals surface area contributed by atoms with E-state index in [9.17, 15) is 4.79 Å². The Labute approximate surface area is 191 Å². The molecule has 174 valence electrons. The molecule has 0 aromatic rings. The summed E-state index contributed by atoms with van der Waals surface area (Å²) in [5.41, 5.74) is 4.22. The summed E-state index contributed by atoms with van der Waals surface area (Å²) >= 11 is 0. The van der Waals surface area contributed by atoms with Gasteiger partial charge in [0.1, 0.15) is 6.10 Å². The van der Waals surface area contributed by atoms with Crippen LogP contribution in [0.2, 0.25) is 0 Å². The van der Waals surface area contributed by atoms with E-state index in [0.29, 0.717) is 16.7 Å². The Morgan fingerprint density at radius 1 is 1.10 bits per heavy atom. The van der Waals surface area contributed by atoms with E-state index >= 15 is 0 Å². The lowest BCUT2D eigenvalue weighted by Gasteiger charge is -2.58. The summed E-state index contributed by atoms with van der Waals surface area (Å²) in [6.07, 6.45) is 18.0. The number of allylic oxidation sites excluding steroid dienone is 4. The zero-order chi connectivity index (χ0) is 22.4. The van der Waals surface area contributed by atoms with Gasteiger partial charge in [0.25, 0.3) is 0 Å². The Balaban J connectivity index is 1.49.